The van der Waals surface area contributed by atoms with Gasteiger partial charge in [0.1, 0.15) is 0 Å². The normalized spacial score (nSPS) is 11.7. The molecule has 0 bridgehead atoms. The van der Waals surface area contributed by atoms with Gasteiger partial charge in [0.25, 0.3) is 0 Å². The second-order valence-corrected chi connectivity index (χ2v) is 6.39. The van der Waals surface area contributed by atoms with Crippen LogP contribution >= 0.6 is 11.3 Å². The molecular formula is C18H11F3N4S. The van der Waals surface area contributed by atoms with Crippen molar-refractivity contribution in [2.24, 2.45) is 0 Å². The molecule has 0 fully saturated rings. The number of thiazole rings is 1. The molecule has 0 spiro atoms. The molecule has 0 saturated carbocycles. The molecule has 0 aliphatic rings. The smallest absolute Gasteiger partial charge is 0.324 e. The van der Waals surface area contributed by atoms with Crippen LogP contribution in [-0.2, 0) is 6.18 Å². The molecule has 4 aromatic rings. The number of nitrogens with zero attached hydrogens (tertiary/aromatic N) is 3. The summed E-state index contributed by atoms with van der Waals surface area (Å²) in [5, 5.41) is 2.83. The largest absolute Gasteiger partial charge is 0.416 e. The van der Waals surface area contributed by atoms with E-state index in [0.29, 0.717) is 5.69 Å². The van der Waals surface area contributed by atoms with Crippen LogP contribution in [0.15, 0.2) is 60.2 Å². The van der Waals surface area contributed by atoms with Crippen LogP contribution in [-0.4, -0.2) is 15.0 Å². The van der Waals surface area contributed by atoms with Crippen LogP contribution in [0.4, 0.5) is 24.8 Å². The van der Waals surface area contributed by atoms with Crippen molar-refractivity contribution in [1.82, 2.24) is 15.0 Å². The maximum absolute atomic E-state index is 12.8. The van der Waals surface area contributed by atoms with Gasteiger partial charge in [0.2, 0.25) is 5.95 Å². The number of hydrogen-bond donors (Lipinski definition) is 1. The molecular weight excluding hydrogens is 361 g/mol. The number of benzene rings is 2. The summed E-state index contributed by atoms with van der Waals surface area (Å²) in [6.07, 6.45) is -2.83. The lowest BCUT2D eigenvalue weighted by atomic mass is 10.1. The molecule has 0 aliphatic heterocycles. The summed E-state index contributed by atoms with van der Waals surface area (Å²) in [5.41, 5.74) is 3.79. The zero-order valence-electron chi connectivity index (χ0n) is 13.2. The molecule has 2 aromatic carbocycles. The number of fused-ring (bicyclic) bond motifs is 1. The Morgan fingerprint density at radius 2 is 1.85 bits per heavy atom. The summed E-state index contributed by atoms with van der Waals surface area (Å²) in [5.74, 6) is 0.228. The van der Waals surface area contributed by atoms with Crippen molar-refractivity contribution < 1.29 is 13.2 Å². The first-order valence-corrected chi connectivity index (χ1v) is 8.48. The van der Waals surface area contributed by atoms with Crippen LogP contribution in [0.3, 0.4) is 0 Å². The zero-order valence-corrected chi connectivity index (χ0v) is 14.0. The van der Waals surface area contributed by atoms with Crippen LogP contribution in [0, 0.1) is 0 Å². The van der Waals surface area contributed by atoms with E-state index >= 15 is 0 Å². The number of aromatic nitrogens is 3. The van der Waals surface area contributed by atoms with Crippen molar-refractivity contribution in [3.63, 3.8) is 0 Å². The topological polar surface area (TPSA) is 50.7 Å². The summed E-state index contributed by atoms with van der Waals surface area (Å²) < 4.78 is 39.5. The summed E-state index contributed by atoms with van der Waals surface area (Å²) in [4.78, 5) is 12.7. The van der Waals surface area contributed by atoms with Gasteiger partial charge in [-0.05, 0) is 36.4 Å². The molecule has 1 N–H and O–H groups in total. The van der Waals surface area contributed by atoms with Gasteiger partial charge in [0.15, 0.2) is 0 Å². The molecule has 0 aliphatic carbocycles. The highest BCUT2D eigenvalue weighted by Crippen LogP contribution is 2.31. The maximum atomic E-state index is 12.8. The predicted molar refractivity (Wildman–Crippen MR) is 95.4 cm³/mol. The van der Waals surface area contributed by atoms with Gasteiger partial charge in [-0.1, -0.05) is 12.1 Å². The quantitative estimate of drug-likeness (QED) is 0.515. The van der Waals surface area contributed by atoms with Gasteiger partial charge in [0, 0.05) is 17.4 Å². The Kier molecular flexibility index (Phi) is 4.04. The average molecular weight is 372 g/mol. The summed E-state index contributed by atoms with van der Waals surface area (Å²) >= 11 is 1.53. The number of hydrogen-bond acceptors (Lipinski definition) is 5. The van der Waals surface area contributed by atoms with Crippen molar-refractivity contribution in [3.8, 4) is 11.3 Å². The van der Waals surface area contributed by atoms with E-state index in [0.717, 1.165) is 27.9 Å². The monoisotopic (exact) mass is 372 g/mol. The molecule has 0 saturated heterocycles. The molecule has 2 aromatic heterocycles. The lowest BCUT2D eigenvalue weighted by molar-refractivity contribution is -0.137. The SMILES string of the molecule is FC(F)(F)c1cccc(Nc2nccc(-c3ccc4ncsc4c3)n2)c1. The van der Waals surface area contributed by atoms with E-state index in [1.54, 1.807) is 17.8 Å². The Morgan fingerprint density at radius 1 is 0.962 bits per heavy atom. The van der Waals surface area contributed by atoms with E-state index in [-0.39, 0.29) is 11.6 Å². The Balaban J connectivity index is 1.64. The minimum absolute atomic E-state index is 0.228. The third kappa shape index (κ3) is 3.36. The molecule has 0 amide bonds. The Hall–Kier alpha value is -3.00. The lowest BCUT2D eigenvalue weighted by Crippen LogP contribution is -2.05. The van der Waals surface area contributed by atoms with Gasteiger partial charge in [-0.3, -0.25) is 0 Å². The fourth-order valence-electron chi connectivity index (χ4n) is 2.50. The van der Waals surface area contributed by atoms with Gasteiger partial charge in [-0.15, -0.1) is 11.3 Å². The van der Waals surface area contributed by atoms with Crippen molar-refractivity contribution >= 4 is 33.2 Å². The van der Waals surface area contributed by atoms with E-state index in [2.05, 4.69) is 20.3 Å². The third-order valence-electron chi connectivity index (χ3n) is 3.73. The van der Waals surface area contributed by atoms with Gasteiger partial charge in [-0.25, -0.2) is 15.0 Å². The van der Waals surface area contributed by atoms with E-state index < -0.39 is 11.7 Å². The van der Waals surface area contributed by atoms with Crippen molar-refractivity contribution in [1.29, 1.82) is 0 Å². The first kappa shape index (κ1) is 16.5. The second-order valence-electron chi connectivity index (χ2n) is 5.50. The van der Waals surface area contributed by atoms with E-state index in [9.17, 15) is 13.2 Å². The third-order valence-corrected chi connectivity index (χ3v) is 4.52. The average Bonchev–Trinajstić information content (AvgIpc) is 3.09. The van der Waals surface area contributed by atoms with Crippen molar-refractivity contribution in [2.75, 3.05) is 5.32 Å². The van der Waals surface area contributed by atoms with E-state index in [4.69, 9.17) is 0 Å². The molecule has 8 heteroatoms. The fraction of sp³-hybridized carbons (Fsp3) is 0.0556. The molecule has 4 rings (SSSR count). The van der Waals surface area contributed by atoms with Crippen LogP contribution < -0.4 is 5.32 Å². The summed E-state index contributed by atoms with van der Waals surface area (Å²) in [6.45, 7) is 0. The number of halogens is 3. The molecule has 26 heavy (non-hydrogen) atoms. The molecule has 0 atom stereocenters. The fourth-order valence-corrected chi connectivity index (χ4v) is 3.21. The first-order chi connectivity index (χ1) is 12.5. The number of rotatable bonds is 3. The summed E-state index contributed by atoms with van der Waals surface area (Å²) in [6, 6.07) is 12.5. The highest BCUT2D eigenvalue weighted by molar-refractivity contribution is 7.16. The minimum atomic E-state index is -4.40. The highest BCUT2D eigenvalue weighted by atomic mass is 32.1. The zero-order chi connectivity index (χ0) is 18.1. The Labute approximate surface area is 150 Å². The van der Waals surface area contributed by atoms with Crippen LogP contribution in [0.5, 0.6) is 0 Å². The van der Waals surface area contributed by atoms with Crippen LogP contribution in [0.1, 0.15) is 5.56 Å². The Morgan fingerprint density at radius 3 is 2.69 bits per heavy atom. The van der Waals surface area contributed by atoms with Gasteiger partial charge in [-0.2, -0.15) is 13.2 Å². The van der Waals surface area contributed by atoms with Gasteiger partial charge in [0.05, 0.1) is 27.0 Å². The number of alkyl halides is 3. The highest BCUT2D eigenvalue weighted by Gasteiger charge is 2.30. The summed E-state index contributed by atoms with van der Waals surface area (Å²) in [7, 11) is 0. The van der Waals surface area contributed by atoms with Crippen LogP contribution in [0.2, 0.25) is 0 Å². The maximum Gasteiger partial charge on any atom is 0.416 e. The molecule has 2 heterocycles. The van der Waals surface area contributed by atoms with Crippen molar-refractivity contribution in [3.05, 3.63) is 65.8 Å². The number of anilines is 2. The van der Waals surface area contributed by atoms with E-state index in [1.165, 1.54) is 23.5 Å². The second kappa shape index (κ2) is 6.38. The Bertz CT molecular complexity index is 1080. The standard InChI is InChI=1S/C18H11F3N4S/c19-18(20,21)12-2-1-3-13(9-12)24-17-22-7-6-14(25-17)11-4-5-15-16(8-11)26-10-23-15/h1-10H,(H,22,24,25). The lowest BCUT2D eigenvalue weighted by Gasteiger charge is -2.10. The van der Waals surface area contributed by atoms with Crippen molar-refractivity contribution in [2.45, 2.75) is 6.18 Å². The minimum Gasteiger partial charge on any atom is -0.324 e. The van der Waals surface area contributed by atoms with E-state index in [1.807, 2.05) is 18.2 Å². The molecule has 0 unspecified atom stereocenters. The van der Waals surface area contributed by atoms with Gasteiger partial charge >= 0.3 is 6.18 Å². The predicted octanol–water partition coefficient (Wildman–Crippen LogP) is 5.52. The molecule has 0 radical (unpaired) electrons. The van der Waals surface area contributed by atoms with Gasteiger partial charge < -0.3 is 5.32 Å². The molecule has 4 nitrogen and oxygen atoms in total. The first-order valence-electron chi connectivity index (χ1n) is 7.60. The molecule has 130 valence electrons. The van der Waals surface area contributed by atoms with Crippen LogP contribution in [0.25, 0.3) is 21.5 Å². The number of nitrogens with one attached hydrogen (secondary N) is 1.